The molecular formula is C62H47BO2. The van der Waals surface area contributed by atoms with E-state index in [4.69, 9.17) is 9.47 Å². The van der Waals surface area contributed by atoms with Gasteiger partial charge in [-0.1, -0.05) is 210 Å². The SMILES string of the molecule is CC(C)(c1ccccc1)c1ccc2c(c1)Oc1cc(-c3cccc(-c4c5ccccc5c(-c5ccccc5)c5ccccc45)c3)cc3c1B2c1ccc(C(C)(C)c2ccccc2)cc1O3. The molecule has 0 aliphatic carbocycles. The highest BCUT2D eigenvalue weighted by atomic mass is 16.5. The molecule has 0 saturated heterocycles. The average Bonchev–Trinajstić information content (AvgIpc) is 3.35. The monoisotopic (exact) mass is 834 g/mol. The van der Waals surface area contributed by atoms with Crippen LogP contribution in [0.1, 0.15) is 49.9 Å². The molecule has 2 aliphatic heterocycles. The number of hydrogen-bond acceptors (Lipinski definition) is 2. The zero-order valence-corrected chi connectivity index (χ0v) is 37.1. The maximum absolute atomic E-state index is 7.11. The highest BCUT2D eigenvalue weighted by Gasteiger charge is 2.42. The summed E-state index contributed by atoms with van der Waals surface area (Å²) in [4.78, 5) is 0. The summed E-state index contributed by atoms with van der Waals surface area (Å²) in [6, 6.07) is 77.2. The summed E-state index contributed by atoms with van der Waals surface area (Å²) in [5.41, 5.74) is 14.9. The molecule has 0 aromatic heterocycles. The Balaban J connectivity index is 1.03. The first-order valence-electron chi connectivity index (χ1n) is 22.8. The van der Waals surface area contributed by atoms with Crippen molar-refractivity contribution >= 4 is 44.6 Å². The van der Waals surface area contributed by atoms with Crippen molar-refractivity contribution in [1.29, 1.82) is 0 Å². The molecule has 65 heavy (non-hydrogen) atoms. The third-order valence-corrected chi connectivity index (χ3v) is 14.4. The Morgan fingerprint density at radius 3 is 1.18 bits per heavy atom. The van der Waals surface area contributed by atoms with Crippen LogP contribution in [0.3, 0.4) is 0 Å². The second kappa shape index (κ2) is 15.0. The van der Waals surface area contributed by atoms with Crippen molar-refractivity contribution in [2.75, 3.05) is 0 Å². The molecule has 12 rings (SSSR count). The molecule has 2 nitrogen and oxygen atoms in total. The Morgan fingerprint density at radius 1 is 0.308 bits per heavy atom. The van der Waals surface area contributed by atoms with Gasteiger partial charge in [0.1, 0.15) is 23.0 Å². The van der Waals surface area contributed by atoms with Crippen LogP contribution in [0.4, 0.5) is 0 Å². The van der Waals surface area contributed by atoms with Crippen LogP contribution >= 0.6 is 0 Å². The summed E-state index contributed by atoms with van der Waals surface area (Å²) in [5, 5.41) is 4.94. The fourth-order valence-corrected chi connectivity index (χ4v) is 10.7. The van der Waals surface area contributed by atoms with Crippen LogP contribution in [0.2, 0.25) is 0 Å². The lowest BCUT2D eigenvalue weighted by molar-refractivity contribution is 0.462. The van der Waals surface area contributed by atoms with Gasteiger partial charge in [-0.2, -0.15) is 0 Å². The van der Waals surface area contributed by atoms with E-state index in [0.29, 0.717) is 0 Å². The van der Waals surface area contributed by atoms with Gasteiger partial charge in [-0.3, -0.25) is 0 Å². The van der Waals surface area contributed by atoms with Crippen LogP contribution in [0.5, 0.6) is 23.0 Å². The van der Waals surface area contributed by atoms with E-state index in [1.807, 2.05) is 0 Å². The molecule has 2 heterocycles. The Labute approximate surface area is 381 Å². The third-order valence-electron chi connectivity index (χ3n) is 14.4. The average molecular weight is 835 g/mol. The van der Waals surface area contributed by atoms with Crippen molar-refractivity contribution in [3.05, 3.63) is 235 Å². The lowest BCUT2D eigenvalue weighted by atomic mass is 9.34. The molecule has 0 saturated carbocycles. The van der Waals surface area contributed by atoms with Crippen LogP contribution in [-0.2, 0) is 10.8 Å². The zero-order chi connectivity index (χ0) is 43.9. The standard InChI is InChI=1S/C62H47BO2/c1-61(2,44-23-10-6-11-24-44)46-31-33-52-54(38-46)64-56-36-43(37-57-60(56)63(52)53-34-32-47(39-55(53)65-57)62(3,4)45-25-12-7-13-26-45)41-21-18-22-42(35-41)59-50-29-16-14-27-48(50)58(40-19-8-5-9-20-40)49-28-15-17-30-51(49)59/h5-39H,1-4H3. The summed E-state index contributed by atoms with van der Waals surface area (Å²) in [7, 11) is 0. The molecule has 0 fully saturated rings. The van der Waals surface area contributed by atoms with Gasteiger partial charge in [0.25, 0.3) is 6.71 Å². The Morgan fingerprint density at radius 2 is 0.708 bits per heavy atom. The topological polar surface area (TPSA) is 18.5 Å². The van der Waals surface area contributed by atoms with Gasteiger partial charge >= 0.3 is 0 Å². The van der Waals surface area contributed by atoms with Gasteiger partial charge in [-0.25, -0.2) is 0 Å². The number of benzene rings is 10. The second-order valence-electron chi connectivity index (χ2n) is 18.8. The fraction of sp³-hybridized carbons (Fsp3) is 0.0968. The van der Waals surface area contributed by atoms with Crippen LogP contribution in [0.25, 0.3) is 54.9 Å². The van der Waals surface area contributed by atoms with E-state index in [2.05, 4.69) is 240 Å². The molecule has 0 unspecified atom stereocenters. The number of ether oxygens (including phenoxy) is 2. The smallest absolute Gasteiger partial charge is 0.260 e. The molecule has 0 bridgehead atoms. The van der Waals surface area contributed by atoms with E-state index < -0.39 is 0 Å². The Hall–Kier alpha value is -7.62. The predicted molar refractivity (Wildman–Crippen MR) is 273 cm³/mol. The van der Waals surface area contributed by atoms with Crippen molar-refractivity contribution in [3.63, 3.8) is 0 Å². The number of hydrogen-bond donors (Lipinski definition) is 0. The maximum Gasteiger partial charge on any atom is 0.260 e. The van der Waals surface area contributed by atoms with Crippen LogP contribution in [0, 0.1) is 0 Å². The fourth-order valence-electron chi connectivity index (χ4n) is 10.7. The molecule has 0 atom stereocenters. The summed E-state index contributed by atoms with van der Waals surface area (Å²) < 4.78 is 14.2. The van der Waals surface area contributed by atoms with Crippen LogP contribution in [-0.4, -0.2) is 6.71 Å². The van der Waals surface area contributed by atoms with E-state index in [1.165, 1.54) is 60.5 Å². The van der Waals surface area contributed by atoms with Gasteiger partial charge < -0.3 is 9.47 Å². The molecule has 3 heteroatoms. The molecule has 0 amide bonds. The summed E-state index contributed by atoms with van der Waals surface area (Å²) >= 11 is 0. The number of fused-ring (bicyclic) bond motifs is 6. The van der Waals surface area contributed by atoms with Gasteiger partial charge in [0.05, 0.1) is 0 Å². The Kier molecular flexibility index (Phi) is 9.00. The molecule has 310 valence electrons. The summed E-state index contributed by atoms with van der Waals surface area (Å²) in [6.07, 6.45) is 0. The van der Waals surface area contributed by atoms with Gasteiger partial charge in [-0.15, -0.1) is 0 Å². The molecule has 0 N–H and O–H groups in total. The normalized spacial score (nSPS) is 12.8. The first-order chi connectivity index (χ1) is 31.7. The molecular weight excluding hydrogens is 787 g/mol. The van der Waals surface area contributed by atoms with Crippen molar-refractivity contribution < 1.29 is 9.47 Å². The molecule has 2 aliphatic rings. The van der Waals surface area contributed by atoms with Gasteiger partial charge in [-0.05, 0) is 118 Å². The summed E-state index contributed by atoms with van der Waals surface area (Å²) in [6.45, 7) is 9.13. The van der Waals surface area contributed by atoms with E-state index in [1.54, 1.807) is 0 Å². The molecule has 10 aromatic rings. The molecule has 10 aromatic carbocycles. The largest absolute Gasteiger partial charge is 0.458 e. The Bertz CT molecular complexity index is 3300. The highest BCUT2D eigenvalue weighted by molar-refractivity contribution is 6.98. The zero-order valence-electron chi connectivity index (χ0n) is 37.1. The quantitative estimate of drug-likeness (QED) is 0.118. The van der Waals surface area contributed by atoms with Gasteiger partial charge in [0.15, 0.2) is 0 Å². The first-order valence-corrected chi connectivity index (χ1v) is 22.8. The van der Waals surface area contributed by atoms with E-state index in [0.717, 1.165) is 56.1 Å². The second-order valence-corrected chi connectivity index (χ2v) is 18.8. The van der Waals surface area contributed by atoms with Gasteiger partial charge in [0, 0.05) is 16.3 Å². The van der Waals surface area contributed by atoms with Gasteiger partial charge in [0.2, 0.25) is 0 Å². The van der Waals surface area contributed by atoms with Crippen molar-refractivity contribution in [1.82, 2.24) is 0 Å². The minimum atomic E-state index is -0.230. The first kappa shape index (κ1) is 39.0. The summed E-state index contributed by atoms with van der Waals surface area (Å²) in [5.74, 6) is 3.44. The lowest BCUT2D eigenvalue weighted by Gasteiger charge is -2.35. The van der Waals surface area contributed by atoms with E-state index in [9.17, 15) is 0 Å². The minimum absolute atomic E-state index is 0.0588. The third kappa shape index (κ3) is 6.32. The van der Waals surface area contributed by atoms with E-state index in [-0.39, 0.29) is 17.5 Å². The van der Waals surface area contributed by atoms with E-state index >= 15 is 0 Å². The van der Waals surface area contributed by atoms with Crippen molar-refractivity contribution in [3.8, 4) is 56.4 Å². The maximum atomic E-state index is 7.11. The molecule has 0 radical (unpaired) electrons. The van der Waals surface area contributed by atoms with Crippen molar-refractivity contribution in [2.45, 2.75) is 38.5 Å². The van der Waals surface area contributed by atoms with Crippen LogP contribution < -0.4 is 25.9 Å². The lowest BCUT2D eigenvalue weighted by Crippen LogP contribution is -2.57. The highest BCUT2D eigenvalue weighted by Crippen LogP contribution is 2.46. The van der Waals surface area contributed by atoms with Crippen molar-refractivity contribution in [2.24, 2.45) is 0 Å². The minimum Gasteiger partial charge on any atom is -0.458 e. The number of rotatable bonds is 7. The van der Waals surface area contributed by atoms with Crippen LogP contribution in [0.15, 0.2) is 212 Å². The predicted octanol–water partition coefficient (Wildman–Crippen LogP) is 14.4. The molecule has 0 spiro atoms.